The summed E-state index contributed by atoms with van der Waals surface area (Å²) in [6.07, 6.45) is 1.29. The summed E-state index contributed by atoms with van der Waals surface area (Å²) < 4.78 is 5.50. The van der Waals surface area contributed by atoms with Crippen LogP contribution < -0.4 is 10.6 Å². The molecular formula is C19H40IN5O. The van der Waals surface area contributed by atoms with Gasteiger partial charge in [-0.2, -0.15) is 0 Å². The minimum Gasteiger partial charge on any atom is -0.379 e. The monoisotopic (exact) mass is 481 g/mol. The van der Waals surface area contributed by atoms with Crippen molar-refractivity contribution in [3.63, 3.8) is 0 Å². The summed E-state index contributed by atoms with van der Waals surface area (Å²) in [6, 6.07) is 0.487. The van der Waals surface area contributed by atoms with Crippen molar-refractivity contribution < 1.29 is 4.74 Å². The van der Waals surface area contributed by atoms with Crippen LogP contribution in [-0.4, -0.2) is 87.4 Å². The molecule has 2 fully saturated rings. The molecule has 6 nitrogen and oxygen atoms in total. The smallest absolute Gasteiger partial charge is 0.191 e. The van der Waals surface area contributed by atoms with E-state index in [1.165, 1.54) is 26.1 Å². The van der Waals surface area contributed by atoms with Crippen LogP contribution in [-0.2, 0) is 4.74 Å². The average molecular weight is 481 g/mol. The van der Waals surface area contributed by atoms with Crippen LogP contribution in [0.2, 0.25) is 0 Å². The molecule has 0 aromatic carbocycles. The van der Waals surface area contributed by atoms with Gasteiger partial charge in [0.1, 0.15) is 0 Å². The molecule has 2 aliphatic heterocycles. The van der Waals surface area contributed by atoms with Gasteiger partial charge in [-0.25, -0.2) is 0 Å². The highest BCUT2D eigenvalue weighted by Crippen LogP contribution is 2.15. The van der Waals surface area contributed by atoms with Crippen LogP contribution in [0, 0.1) is 11.8 Å². The summed E-state index contributed by atoms with van der Waals surface area (Å²) in [4.78, 5) is 9.98. The van der Waals surface area contributed by atoms with Crippen molar-refractivity contribution in [2.75, 3.05) is 65.6 Å². The minimum absolute atomic E-state index is 0. The van der Waals surface area contributed by atoms with Gasteiger partial charge in [-0.1, -0.05) is 20.8 Å². The summed E-state index contributed by atoms with van der Waals surface area (Å²) in [7, 11) is 0. The second-order valence-corrected chi connectivity index (χ2v) is 7.61. The van der Waals surface area contributed by atoms with Crippen LogP contribution in [0.5, 0.6) is 0 Å². The summed E-state index contributed by atoms with van der Waals surface area (Å²) in [5.41, 5.74) is 0. The molecule has 26 heavy (non-hydrogen) atoms. The maximum absolute atomic E-state index is 5.50. The quantitative estimate of drug-likeness (QED) is 0.315. The van der Waals surface area contributed by atoms with Crippen molar-refractivity contribution in [3.05, 3.63) is 0 Å². The van der Waals surface area contributed by atoms with Gasteiger partial charge in [0.05, 0.1) is 19.8 Å². The largest absolute Gasteiger partial charge is 0.379 e. The second kappa shape index (κ2) is 13.1. The Morgan fingerprint density at radius 3 is 2.46 bits per heavy atom. The number of halogens is 1. The third kappa shape index (κ3) is 7.86. The summed E-state index contributed by atoms with van der Waals surface area (Å²) in [5.74, 6) is 2.30. The molecule has 0 radical (unpaired) electrons. The highest BCUT2D eigenvalue weighted by molar-refractivity contribution is 14.0. The Kier molecular flexibility index (Phi) is 12.1. The first-order valence-electron chi connectivity index (χ1n) is 10.2. The van der Waals surface area contributed by atoms with Gasteiger partial charge in [0, 0.05) is 38.8 Å². The molecular weight excluding hydrogens is 441 g/mol. The minimum atomic E-state index is 0. The zero-order valence-corrected chi connectivity index (χ0v) is 19.5. The molecule has 0 saturated carbocycles. The molecule has 0 amide bonds. The van der Waals surface area contributed by atoms with Gasteiger partial charge in [-0.05, 0) is 38.3 Å². The third-order valence-electron chi connectivity index (χ3n) is 5.44. The van der Waals surface area contributed by atoms with E-state index in [4.69, 9.17) is 9.73 Å². The van der Waals surface area contributed by atoms with Crippen LogP contribution in [0.4, 0.5) is 0 Å². The van der Waals surface area contributed by atoms with Crippen molar-refractivity contribution in [1.82, 2.24) is 20.4 Å². The van der Waals surface area contributed by atoms with Crippen LogP contribution in [0.1, 0.15) is 34.1 Å². The molecule has 0 aromatic rings. The number of morpholine rings is 1. The SMILES string of the molecule is CCNC(=NCC(C(C)C)N1CCOCC1)NCC1CCN(CC)C1.I. The first-order valence-corrected chi connectivity index (χ1v) is 10.2. The molecule has 2 saturated heterocycles. The Bertz CT molecular complexity index is 401. The van der Waals surface area contributed by atoms with Crippen molar-refractivity contribution in [2.45, 2.75) is 40.2 Å². The zero-order valence-electron chi connectivity index (χ0n) is 17.2. The predicted octanol–water partition coefficient (Wildman–Crippen LogP) is 1.86. The van der Waals surface area contributed by atoms with Gasteiger partial charge in [0.25, 0.3) is 0 Å². The highest BCUT2D eigenvalue weighted by Gasteiger charge is 2.24. The number of guanidine groups is 1. The van der Waals surface area contributed by atoms with E-state index in [-0.39, 0.29) is 24.0 Å². The number of nitrogens with one attached hydrogen (secondary N) is 2. The van der Waals surface area contributed by atoms with E-state index < -0.39 is 0 Å². The van der Waals surface area contributed by atoms with Crippen LogP contribution in [0.15, 0.2) is 4.99 Å². The highest BCUT2D eigenvalue weighted by atomic mass is 127. The number of likely N-dealkylation sites (tertiary alicyclic amines) is 1. The maximum Gasteiger partial charge on any atom is 0.191 e. The molecule has 2 unspecified atom stereocenters. The molecule has 2 heterocycles. The van der Waals surface area contributed by atoms with E-state index >= 15 is 0 Å². The summed E-state index contributed by atoms with van der Waals surface area (Å²) in [5, 5.41) is 6.98. The molecule has 154 valence electrons. The van der Waals surface area contributed by atoms with E-state index in [1.54, 1.807) is 0 Å². The van der Waals surface area contributed by atoms with E-state index in [0.29, 0.717) is 12.0 Å². The number of ether oxygens (including phenoxy) is 1. The Labute approximate surface area is 177 Å². The molecule has 7 heteroatoms. The average Bonchev–Trinajstić information content (AvgIpc) is 3.08. The fourth-order valence-corrected chi connectivity index (χ4v) is 3.79. The number of hydrogen-bond donors (Lipinski definition) is 2. The fraction of sp³-hybridized carbons (Fsp3) is 0.947. The van der Waals surface area contributed by atoms with Gasteiger partial charge >= 0.3 is 0 Å². The van der Waals surface area contributed by atoms with Crippen molar-refractivity contribution in [1.29, 1.82) is 0 Å². The van der Waals surface area contributed by atoms with E-state index in [0.717, 1.165) is 57.8 Å². The van der Waals surface area contributed by atoms with Gasteiger partial charge in [0.2, 0.25) is 0 Å². The maximum atomic E-state index is 5.50. The molecule has 0 bridgehead atoms. The van der Waals surface area contributed by atoms with Crippen molar-refractivity contribution >= 4 is 29.9 Å². The van der Waals surface area contributed by atoms with Crippen molar-refractivity contribution in [2.24, 2.45) is 16.8 Å². The number of aliphatic imine (C=N–C) groups is 1. The molecule has 0 aromatic heterocycles. The normalized spacial score (nSPS) is 23.7. The fourth-order valence-electron chi connectivity index (χ4n) is 3.79. The van der Waals surface area contributed by atoms with Crippen LogP contribution in [0.25, 0.3) is 0 Å². The molecule has 0 spiro atoms. The van der Waals surface area contributed by atoms with Gasteiger partial charge < -0.3 is 20.3 Å². The Balaban J connectivity index is 0.00000338. The molecule has 0 aliphatic carbocycles. The van der Waals surface area contributed by atoms with E-state index in [2.05, 4.69) is 48.1 Å². The third-order valence-corrected chi connectivity index (χ3v) is 5.44. The standard InChI is InChI=1S/C19H39N5O.HI/c1-5-20-19(21-13-17-7-8-23(6-2)15-17)22-14-18(16(3)4)24-9-11-25-12-10-24;/h16-18H,5-15H2,1-4H3,(H2,20,21,22);1H. The topological polar surface area (TPSA) is 52.1 Å². The summed E-state index contributed by atoms with van der Waals surface area (Å²) in [6.45, 7) is 19.1. The van der Waals surface area contributed by atoms with Gasteiger partial charge in [-0.3, -0.25) is 9.89 Å². The van der Waals surface area contributed by atoms with Crippen LogP contribution in [0.3, 0.4) is 0 Å². The molecule has 2 aliphatic rings. The number of hydrogen-bond acceptors (Lipinski definition) is 4. The first kappa shape index (κ1) is 23.9. The molecule has 2 atom stereocenters. The predicted molar refractivity (Wildman–Crippen MR) is 121 cm³/mol. The van der Waals surface area contributed by atoms with Gasteiger partial charge in [-0.15, -0.1) is 24.0 Å². The van der Waals surface area contributed by atoms with E-state index in [1.807, 2.05) is 0 Å². The Morgan fingerprint density at radius 1 is 1.15 bits per heavy atom. The lowest BCUT2D eigenvalue weighted by Gasteiger charge is -2.36. The zero-order chi connectivity index (χ0) is 18.1. The molecule has 2 rings (SSSR count). The number of rotatable bonds is 8. The first-order chi connectivity index (χ1) is 12.1. The number of nitrogens with zero attached hydrogens (tertiary/aromatic N) is 3. The molecule has 2 N–H and O–H groups in total. The lowest BCUT2D eigenvalue weighted by atomic mass is 10.0. The van der Waals surface area contributed by atoms with Gasteiger partial charge in [0.15, 0.2) is 5.96 Å². The Morgan fingerprint density at radius 2 is 1.88 bits per heavy atom. The second-order valence-electron chi connectivity index (χ2n) is 7.61. The Hall–Kier alpha value is -0.120. The summed E-state index contributed by atoms with van der Waals surface area (Å²) >= 11 is 0. The lowest BCUT2D eigenvalue weighted by molar-refractivity contribution is 0.00867. The lowest BCUT2D eigenvalue weighted by Crippen LogP contribution is -2.48. The van der Waals surface area contributed by atoms with Crippen LogP contribution >= 0.6 is 24.0 Å². The van der Waals surface area contributed by atoms with E-state index in [9.17, 15) is 0 Å². The van der Waals surface area contributed by atoms with Crippen molar-refractivity contribution in [3.8, 4) is 0 Å².